The molecular formula is C26H36N4O5S. The Hall–Kier alpha value is -2.27. The van der Waals surface area contributed by atoms with E-state index in [0.717, 1.165) is 35.1 Å². The third-order valence-corrected chi connectivity index (χ3v) is 9.96. The number of piperidine rings is 1. The van der Waals surface area contributed by atoms with Gasteiger partial charge in [-0.15, -0.1) is 0 Å². The Bertz CT molecular complexity index is 1240. The van der Waals surface area contributed by atoms with Gasteiger partial charge in [-0.3, -0.25) is 9.79 Å². The van der Waals surface area contributed by atoms with Gasteiger partial charge in [0, 0.05) is 36.1 Å². The normalized spacial score (nSPS) is 22.2. The third kappa shape index (κ3) is 4.96. The standard InChI is InChI=1S/C26H36N4O5S/c31-18-21(32)17-29-13-9-22-19(7-4-8-23(22)29)10-16-36(34,35)30-14-11-26(12-15-30)25(33)27-24(28-26)20-5-2-1-3-6-20/h4,7-9,13,20-21,31-32H,1-3,5-6,10-12,14-18H2,(H,27,28,33)/t21-/m0/s1. The minimum Gasteiger partial charge on any atom is -0.394 e. The van der Waals surface area contributed by atoms with Crippen molar-refractivity contribution in [2.75, 3.05) is 25.4 Å². The van der Waals surface area contributed by atoms with Gasteiger partial charge in [-0.25, -0.2) is 12.7 Å². The average Bonchev–Trinajstić information content (AvgIpc) is 3.44. The molecule has 2 aromatic rings. The maximum absolute atomic E-state index is 13.2. The fourth-order valence-electron chi connectivity index (χ4n) is 5.90. The molecule has 3 N–H and O–H groups in total. The smallest absolute Gasteiger partial charge is 0.253 e. The van der Waals surface area contributed by atoms with Gasteiger partial charge in [0.1, 0.15) is 11.4 Å². The summed E-state index contributed by atoms with van der Waals surface area (Å²) in [6, 6.07) is 7.67. The summed E-state index contributed by atoms with van der Waals surface area (Å²) in [7, 11) is -3.49. The zero-order chi connectivity index (χ0) is 25.3. The molecule has 1 amide bonds. The van der Waals surface area contributed by atoms with Gasteiger partial charge in [-0.2, -0.15) is 0 Å². The van der Waals surface area contributed by atoms with Crippen LogP contribution in [0.5, 0.6) is 0 Å². The highest BCUT2D eigenvalue weighted by atomic mass is 32.2. The number of hydrogen-bond donors (Lipinski definition) is 3. The van der Waals surface area contributed by atoms with E-state index in [9.17, 15) is 18.3 Å². The minimum atomic E-state index is -3.49. The first-order chi connectivity index (χ1) is 17.3. The van der Waals surface area contributed by atoms with Crippen LogP contribution in [0, 0.1) is 5.92 Å². The average molecular weight is 517 g/mol. The molecule has 2 aliphatic heterocycles. The Morgan fingerprint density at radius 2 is 1.89 bits per heavy atom. The van der Waals surface area contributed by atoms with Crippen molar-refractivity contribution < 1.29 is 23.4 Å². The van der Waals surface area contributed by atoms with Gasteiger partial charge in [0.15, 0.2) is 0 Å². The summed E-state index contributed by atoms with van der Waals surface area (Å²) in [5.74, 6) is 1.07. The monoisotopic (exact) mass is 516 g/mol. The Labute approximate surface area is 212 Å². The number of hydrogen-bond acceptors (Lipinski definition) is 6. The predicted octanol–water partition coefficient (Wildman–Crippen LogP) is 1.81. The lowest BCUT2D eigenvalue weighted by Gasteiger charge is -2.34. The number of amides is 1. The summed E-state index contributed by atoms with van der Waals surface area (Å²) >= 11 is 0. The molecule has 0 bridgehead atoms. The van der Waals surface area contributed by atoms with Crippen molar-refractivity contribution in [3.05, 3.63) is 36.0 Å². The van der Waals surface area contributed by atoms with E-state index < -0.39 is 21.7 Å². The molecule has 9 nitrogen and oxygen atoms in total. The van der Waals surface area contributed by atoms with E-state index in [2.05, 4.69) is 5.32 Å². The van der Waals surface area contributed by atoms with Crippen molar-refractivity contribution in [2.24, 2.45) is 10.9 Å². The first kappa shape index (κ1) is 25.4. The van der Waals surface area contributed by atoms with Crippen molar-refractivity contribution in [2.45, 2.75) is 69.6 Å². The van der Waals surface area contributed by atoms with Crippen LogP contribution in [-0.4, -0.2) is 76.3 Å². The quantitative estimate of drug-likeness (QED) is 0.494. The summed E-state index contributed by atoms with van der Waals surface area (Å²) in [4.78, 5) is 17.7. The number of rotatable bonds is 8. The summed E-state index contributed by atoms with van der Waals surface area (Å²) in [6.45, 7) is 0.563. The van der Waals surface area contributed by atoms with Crippen molar-refractivity contribution in [1.29, 1.82) is 0 Å². The van der Waals surface area contributed by atoms with Crippen molar-refractivity contribution in [3.63, 3.8) is 0 Å². The number of aryl methyl sites for hydroxylation is 1. The third-order valence-electron chi connectivity index (χ3n) is 8.09. The van der Waals surface area contributed by atoms with Crippen LogP contribution < -0.4 is 5.32 Å². The largest absolute Gasteiger partial charge is 0.394 e. The fraction of sp³-hybridized carbons (Fsp3) is 0.615. The zero-order valence-corrected chi connectivity index (χ0v) is 21.4. The predicted molar refractivity (Wildman–Crippen MR) is 138 cm³/mol. The molecule has 1 atom stereocenters. The Balaban J connectivity index is 1.23. The Morgan fingerprint density at radius 1 is 1.14 bits per heavy atom. The summed E-state index contributed by atoms with van der Waals surface area (Å²) in [5.41, 5.74) is 1.02. The van der Waals surface area contributed by atoms with E-state index in [4.69, 9.17) is 10.1 Å². The Kier molecular flexibility index (Phi) is 7.22. The number of carbonyl (C=O) groups is 1. The first-order valence-corrected chi connectivity index (χ1v) is 14.7. The van der Waals surface area contributed by atoms with Crippen LogP contribution in [0.25, 0.3) is 10.9 Å². The molecule has 1 aromatic carbocycles. The molecule has 10 heteroatoms. The number of aliphatic hydroxyl groups is 2. The molecule has 1 saturated heterocycles. The number of fused-ring (bicyclic) bond motifs is 1. The summed E-state index contributed by atoms with van der Waals surface area (Å²) in [5, 5.41) is 22.9. The van der Waals surface area contributed by atoms with Gasteiger partial charge in [-0.1, -0.05) is 31.4 Å². The molecular weight excluding hydrogens is 480 g/mol. The van der Waals surface area contributed by atoms with E-state index in [-0.39, 0.29) is 24.8 Å². The zero-order valence-electron chi connectivity index (χ0n) is 20.6. The number of amidine groups is 1. The van der Waals surface area contributed by atoms with Crippen LogP contribution in [0.4, 0.5) is 0 Å². The topological polar surface area (TPSA) is 124 Å². The van der Waals surface area contributed by atoms with Crippen LogP contribution in [-0.2, 0) is 27.8 Å². The van der Waals surface area contributed by atoms with Gasteiger partial charge in [0.05, 0.1) is 25.0 Å². The van der Waals surface area contributed by atoms with E-state index >= 15 is 0 Å². The number of sulfonamides is 1. The van der Waals surface area contributed by atoms with Gasteiger partial charge < -0.3 is 20.1 Å². The maximum atomic E-state index is 13.2. The number of aliphatic imine (C=N–C) groups is 1. The lowest BCUT2D eigenvalue weighted by atomic mass is 9.88. The number of aromatic nitrogens is 1. The van der Waals surface area contributed by atoms with E-state index in [0.29, 0.717) is 38.3 Å². The SMILES string of the molecule is O=C1NC(C2CCCCC2)=NC12CCN(S(=O)(=O)CCc1cccc3c1ccn3C[C@H](O)CO)CC2. The van der Waals surface area contributed by atoms with Crippen molar-refractivity contribution in [1.82, 2.24) is 14.2 Å². The summed E-state index contributed by atoms with van der Waals surface area (Å²) in [6.07, 6.45) is 7.91. The van der Waals surface area contributed by atoms with E-state index in [1.807, 2.05) is 35.0 Å². The van der Waals surface area contributed by atoms with Crippen molar-refractivity contribution >= 4 is 32.7 Å². The van der Waals surface area contributed by atoms with Crippen LogP contribution in [0.3, 0.4) is 0 Å². The maximum Gasteiger partial charge on any atom is 0.253 e. The second-order valence-corrected chi connectivity index (χ2v) is 12.5. The number of carbonyl (C=O) groups excluding carboxylic acids is 1. The molecule has 3 aliphatic rings. The van der Waals surface area contributed by atoms with Gasteiger partial charge in [-0.05, 0) is 49.8 Å². The number of aliphatic hydroxyl groups excluding tert-OH is 2. The van der Waals surface area contributed by atoms with Gasteiger partial charge in [0.25, 0.3) is 5.91 Å². The molecule has 1 spiro atoms. The molecule has 36 heavy (non-hydrogen) atoms. The van der Waals surface area contributed by atoms with Crippen molar-refractivity contribution in [3.8, 4) is 0 Å². The molecule has 196 valence electrons. The van der Waals surface area contributed by atoms with Crippen LogP contribution in [0.2, 0.25) is 0 Å². The highest BCUT2D eigenvalue weighted by molar-refractivity contribution is 7.89. The first-order valence-electron chi connectivity index (χ1n) is 13.1. The molecule has 1 aromatic heterocycles. The second-order valence-electron chi connectivity index (χ2n) is 10.4. The number of nitrogens with one attached hydrogen (secondary N) is 1. The molecule has 0 radical (unpaired) electrons. The van der Waals surface area contributed by atoms with Gasteiger partial charge >= 0.3 is 0 Å². The molecule has 1 aliphatic carbocycles. The summed E-state index contributed by atoms with van der Waals surface area (Å²) < 4.78 is 29.8. The number of benzene rings is 1. The second kappa shape index (κ2) is 10.2. The van der Waals surface area contributed by atoms with Crippen LogP contribution >= 0.6 is 0 Å². The van der Waals surface area contributed by atoms with E-state index in [1.165, 1.54) is 23.6 Å². The molecule has 3 heterocycles. The number of nitrogens with zero attached hydrogens (tertiary/aromatic N) is 3. The van der Waals surface area contributed by atoms with Crippen LogP contribution in [0.1, 0.15) is 50.5 Å². The lowest BCUT2D eigenvalue weighted by Crippen LogP contribution is -2.51. The fourth-order valence-corrected chi connectivity index (χ4v) is 7.38. The highest BCUT2D eigenvalue weighted by Crippen LogP contribution is 2.35. The molecule has 0 unspecified atom stereocenters. The molecule has 1 saturated carbocycles. The van der Waals surface area contributed by atoms with E-state index in [1.54, 1.807) is 0 Å². The van der Waals surface area contributed by atoms with Crippen LogP contribution in [0.15, 0.2) is 35.5 Å². The molecule has 5 rings (SSSR count). The van der Waals surface area contributed by atoms with Gasteiger partial charge in [0.2, 0.25) is 10.0 Å². The minimum absolute atomic E-state index is 0.00759. The highest BCUT2D eigenvalue weighted by Gasteiger charge is 2.48. The lowest BCUT2D eigenvalue weighted by molar-refractivity contribution is -0.125. The molecule has 2 fully saturated rings. The Morgan fingerprint density at radius 3 is 2.61 bits per heavy atom.